The summed E-state index contributed by atoms with van der Waals surface area (Å²) in [6.07, 6.45) is 6.62. The predicted molar refractivity (Wildman–Crippen MR) is 114 cm³/mol. The number of nitrogens with zero attached hydrogens (tertiary/aromatic N) is 2. The van der Waals surface area contributed by atoms with Crippen molar-refractivity contribution in [2.75, 3.05) is 37.7 Å². The molecule has 5 rings (SSSR count). The van der Waals surface area contributed by atoms with Crippen LogP contribution in [0.15, 0.2) is 18.2 Å². The summed E-state index contributed by atoms with van der Waals surface area (Å²) < 4.78 is 5.55. The maximum absolute atomic E-state index is 12.3. The molecule has 1 aromatic heterocycles. The molecule has 6 nitrogen and oxygen atoms in total. The maximum atomic E-state index is 12.3. The number of anilines is 1. The van der Waals surface area contributed by atoms with Crippen molar-refractivity contribution in [2.24, 2.45) is 0 Å². The number of amides is 1. The van der Waals surface area contributed by atoms with Crippen molar-refractivity contribution < 1.29 is 9.53 Å². The molecule has 29 heavy (non-hydrogen) atoms. The number of aryl methyl sites for hydroxylation is 2. The summed E-state index contributed by atoms with van der Waals surface area (Å²) >= 11 is 0. The number of benzene rings is 1. The van der Waals surface area contributed by atoms with Crippen molar-refractivity contribution in [3.05, 3.63) is 34.9 Å². The molecule has 0 saturated carbocycles. The first-order chi connectivity index (χ1) is 14.3. The number of morpholine rings is 1. The molecule has 2 aliphatic heterocycles. The van der Waals surface area contributed by atoms with Gasteiger partial charge in [0, 0.05) is 37.1 Å². The Labute approximate surface area is 172 Å². The number of fused-ring (bicyclic) bond motifs is 2. The van der Waals surface area contributed by atoms with E-state index in [0.29, 0.717) is 6.54 Å². The molecule has 1 atom stereocenters. The van der Waals surface area contributed by atoms with Gasteiger partial charge < -0.3 is 20.3 Å². The quantitative estimate of drug-likeness (QED) is 0.833. The third-order valence-corrected chi connectivity index (χ3v) is 6.47. The van der Waals surface area contributed by atoms with E-state index in [1.807, 2.05) is 0 Å². The van der Waals surface area contributed by atoms with E-state index in [1.54, 1.807) is 0 Å². The number of nitrogens with one attached hydrogen (secondary N) is 2. The van der Waals surface area contributed by atoms with E-state index in [-0.39, 0.29) is 11.9 Å². The molecule has 1 aliphatic carbocycles. The fourth-order valence-electron chi connectivity index (χ4n) is 4.83. The van der Waals surface area contributed by atoms with Crippen LogP contribution in [-0.4, -0.2) is 49.8 Å². The molecule has 1 aromatic carbocycles. The summed E-state index contributed by atoms with van der Waals surface area (Å²) in [5, 5.41) is 7.75. The lowest BCUT2D eigenvalue weighted by Crippen LogP contribution is -2.43. The van der Waals surface area contributed by atoms with Gasteiger partial charge in [0.2, 0.25) is 5.91 Å². The van der Waals surface area contributed by atoms with Crippen molar-refractivity contribution in [3.63, 3.8) is 0 Å². The largest absolute Gasteiger partial charge is 0.378 e. The standard InChI is InChI=1S/C23H30N4O2/c28-23-20(6-1-2-7-24-23)25-15-19-13-18-12-16-4-3-5-17(16)14-21(18)26-22(19)27-8-10-29-11-9-27/h12-14,20,25H,1-11,15H2,(H,24,28)/t20-/m0/s1. The van der Waals surface area contributed by atoms with Gasteiger partial charge in [-0.2, -0.15) is 0 Å². The van der Waals surface area contributed by atoms with Crippen molar-refractivity contribution in [1.82, 2.24) is 15.6 Å². The molecule has 2 N–H and O–H groups in total. The van der Waals surface area contributed by atoms with E-state index < -0.39 is 0 Å². The highest BCUT2D eigenvalue weighted by molar-refractivity contribution is 5.84. The van der Waals surface area contributed by atoms with Crippen LogP contribution in [0.25, 0.3) is 10.9 Å². The number of carbonyl (C=O) groups excluding carboxylic acids is 1. The van der Waals surface area contributed by atoms with Gasteiger partial charge in [0.05, 0.1) is 24.8 Å². The number of aromatic nitrogens is 1. The van der Waals surface area contributed by atoms with Crippen LogP contribution in [0.4, 0.5) is 5.82 Å². The fourth-order valence-corrected chi connectivity index (χ4v) is 4.83. The van der Waals surface area contributed by atoms with E-state index in [0.717, 1.165) is 63.4 Å². The minimum atomic E-state index is -0.120. The Morgan fingerprint density at radius 2 is 1.93 bits per heavy atom. The van der Waals surface area contributed by atoms with Crippen LogP contribution >= 0.6 is 0 Å². The highest BCUT2D eigenvalue weighted by Gasteiger charge is 2.23. The first-order valence-corrected chi connectivity index (χ1v) is 11.1. The molecule has 1 amide bonds. The van der Waals surface area contributed by atoms with Crippen LogP contribution < -0.4 is 15.5 Å². The summed E-state index contributed by atoms with van der Waals surface area (Å²) in [7, 11) is 0. The van der Waals surface area contributed by atoms with Gasteiger partial charge in [0.1, 0.15) is 5.82 Å². The second-order valence-corrected chi connectivity index (χ2v) is 8.46. The molecule has 0 bridgehead atoms. The predicted octanol–water partition coefficient (Wildman–Crippen LogP) is 2.32. The second-order valence-electron chi connectivity index (χ2n) is 8.46. The molecule has 0 spiro atoms. The van der Waals surface area contributed by atoms with Crippen molar-refractivity contribution in [3.8, 4) is 0 Å². The summed E-state index contributed by atoms with van der Waals surface area (Å²) in [4.78, 5) is 19.8. The number of ether oxygens (including phenoxy) is 1. The zero-order chi connectivity index (χ0) is 19.6. The van der Waals surface area contributed by atoms with E-state index in [4.69, 9.17) is 9.72 Å². The van der Waals surface area contributed by atoms with E-state index in [1.165, 1.54) is 41.3 Å². The van der Waals surface area contributed by atoms with Crippen molar-refractivity contribution >= 4 is 22.6 Å². The number of pyridine rings is 1. The number of hydrogen-bond donors (Lipinski definition) is 2. The van der Waals surface area contributed by atoms with Crippen LogP contribution in [-0.2, 0) is 28.9 Å². The van der Waals surface area contributed by atoms with Gasteiger partial charge in [-0.1, -0.05) is 0 Å². The van der Waals surface area contributed by atoms with E-state index in [9.17, 15) is 4.79 Å². The van der Waals surface area contributed by atoms with Gasteiger partial charge >= 0.3 is 0 Å². The van der Waals surface area contributed by atoms with Crippen LogP contribution in [0.5, 0.6) is 0 Å². The Morgan fingerprint density at radius 1 is 1.10 bits per heavy atom. The molecule has 3 heterocycles. The third kappa shape index (κ3) is 3.96. The molecule has 3 aliphatic rings. The van der Waals surface area contributed by atoms with Gasteiger partial charge in [-0.25, -0.2) is 4.98 Å². The second kappa shape index (κ2) is 8.28. The Kier molecular flexibility index (Phi) is 5.38. The topological polar surface area (TPSA) is 66.5 Å². The minimum Gasteiger partial charge on any atom is -0.378 e. The fraction of sp³-hybridized carbons (Fsp3) is 0.565. The summed E-state index contributed by atoms with van der Waals surface area (Å²) in [5.74, 6) is 1.17. The smallest absolute Gasteiger partial charge is 0.237 e. The summed E-state index contributed by atoms with van der Waals surface area (Å²) in [6, 6.07) is 6.78. The molecule has 2 fully saturated rings. The number of carbonyl (C=O) groups is 1. The van der Waals surface area contributed by atoms with Crippen LogP contribution in [0, 0.1) is 0 Å². The van der Waals surface area contributed by atoms with Crippen LogP contribution in [0.3, 0.4) is 0 Å². The molecule has 154 valence electrons. The maximum Gasteiger partial charge on any atom is 0.237 e. The lowest BCUT2D eigenvalue weighted by atomic mass is 10.0. The lowest BCUT2D eigenvalue weighted by molar-refractivity contribution is -0.122. The van der Waals surface area contributed by atoms with Gasteiger partial charge in [-0.15, -0.1) is 0 Å². The molecule has 6 heteroatoms. The zero-order valence-corrected chi connectivity index (χ0v) is 17.0. The van der Waals surface area contributed by atoms with Gasteiger partial charge in [0.15, 0.2) is 0 Å². The van der Waals surface area contributed by atoms with Crippen molar-refractivity contribution in [1.29, 1.82) is 0 Å². The highest BCUT2D eigenvalue weighted by Crippen LogP contribution is 2.30. The average Bonchev–Trinajstić information content (AvgIpc) is 3.10. The summed E-state index contributed by atoms with van der Waals surface area (Å²) in [6.45, 7) is 4.65. The highest BCUT2D eigenvalue weighted by atomic mass is 16.5. The lowest BCUT2D eigenvalue weighted by Gasteiger charge is -2.30. The first kappa shape index (κ1) is 18.8. The van der Waals surface area contributed by atoms with Crippen LogP contribution in [0.1, 0.15) is 42.4 Å². The van der Waals surface area contributed by atoms with Gasteiger partial charge in [0.25, 0.3) is 0 Å². The normalized spacial score (nSPS) is 22.4. The number of hydrogen-bond acceptors (Lipinski definition) is 5. The molecule has 2 saturated heterocycles. The molecule has 0 radical (unpaired) electrons. The average molecular weight is 395 g/mol. The minimum absolute atomic E-state index is 0.120. The van der Waals surface area contributed by atoms with E-state index in [2.05, 4.69) is 33.7 Å². The van der Waals surface area contributed by atoms with Gasteiger partial charge in [-0.3, -0.25) is 4.79 Å². The molecular formula is C23H30N4O2. The Morgan fingerprint density at radius 3 is 2.79 bits per heavy atom. The zero-order valence-electron chi connectivity index (χ0n) is 17.0. The SMILES string of the molecule is O=C1NCCCC[C@@H]1NCc1cc2cc3c(cc2nc1N1CCOCC1)CCC3. The Bertz CT molecular complexity index is 907. The monoisotopic (exact) mass is 394 g/mol. The Hall–Kier alpha value is -2.18. The molecule has 0 unspecified atom stereocenters. The Balaban J connectivity index is 1.47. The summed E-state index contributed by atoms with van der Waals surface area (Å²) in [5.41, 5.74) is 5.19. The van der Waals surface area contributed by atoms with Crippen LogP contribution in [0.2, 0.25) is 0 Å². The number of rotatable bonds is 4. The van der Waals surface area contributed by atoms with Gasteiger partial charge in [-0.05, 0) is 67.9 Å². The molecular weight excluding hydrogens is 364 g/mol. The third-order valence-electron chi connectivity index (χ3n) is 6.47. The van der Waals surface area contributed by atoms with Crippen molar-refractivity contribution in [2.45, 2.75) is 51.1 Å². The first-order valence-electron chi connectivity index (χ1n) is 11.1. The molecule has 2 aromatic rings. The van der Waals surface area contributed by atoms with E-state index >= 15 is 0 Å².